The highest BCUT2D eigenvalue weighted by Gasteiger charge is 2.19. The molecule has 0 aromatic carbocycles. The number of thioether (sulfide) groups is 1. The number of rotatable bonds is 7. The van der Waals surface area contributed by atoms with Gasteiger partial charge in [-0.25, -0.2) is 0 Å². The van der Waals surface area contributed by atoms with Crippen LogP contribution in [0.5, 0.6) is 0 Å². The molecule has 2 rings (SSSR count). The summed E-state index contributed by atoms with van der Waals surface area (Å²) < 4.78 is 0. The quantitative estimate of drug-likeness (QED) is 0.711. The van der Waals surface area contributed by atoms with Gasteiger partial charge in [0.1, 0.15) is 0 Å². The second kappa shape index (κ2) is 9.75. The molecule has 0 bridgehead atoms. The molecule has 2 heterocycles. The molecular weight excluding hydrogens is 296 g/mol. The molecule has 5 nitrogen and oxygen atoms in total. The van der Waals surface area contributed by atoms with E-state index in [0.29, 0.717) is 18.4 Å². The number of carbonyl (C=O) groups excluding carboxylic acids is 1. The van der Waals surface area contributed by atoms with Crippen molar-refractivity contribution in [3.05, 3.63) is 0 Å². The van der Waals surface area contributed by atoms with E-state index in [0.717, 1.165) is 45.0 Å². The molecule has 2 atom stereocenters. The molecule has 0 aromatic rings. The number of hydrogen-bond acceptors (Lipinski definition) is 5. The summed E-state index contributed by atoms with van der Waals surface area (Å²) >= 11 is 1.94. The van der Waals surface area contributed by atoms with Crippen LogP contribution in [0.2, 0.25) is 0 Å². The summed E-state index contributed by atoms with van der Waals surface area (Å²) in [7, 11) is 0. The van der Waals surface area contributed by atoms with Crippen molar-refractivity contribution in [2.45, 2.75) is 26.3 Å². The minimum absolute atomic E-state index is 0.197. The first-order valence-electron chi connectivity index (χ1n) is 8.70. The normalized spacial score (nSPS) is 25.8. The summed E-state index contributed by atoms with van der Waals surface area (Å²) in [5, 5.41) is 6.53. The number of hydrogen-bond donors (Lipinski definition) is 2. The van der Waals surface area contributed by atoms with E-state index in [1.165, 1.54) is 18.8 Å². The number of likely N-dealkylation sites (N-methyl/N-ethyl adjacent to an activating group) is 1. The largest absolute Gasteiger partial charge is 0.356 e. The second-order valence-corrected chi connectivity index (χ2v) is 7.72. The molecule has 6 heteroatoms. The van der Waals surface area contributed by atoms with Crippen LogP contribution in [-0.4, -0.2) is 85.6 Å². The lowest BCUT2D eigenvalue weighted by molar-refractivity contribution is -0.121. The van der Waals surface area contributed by atoms with Crippen molar-refractivity contribution in [3.63, 3.8) is 0 Å². The number of nitrogens with zero attached hydrogens (tertiary/aromatic N) is 2. The van der Waals surface area contributed by atoms with Crippen molar-refractivity contribution in [2.75, 3.05) is 63.9 Å². The molecule has 0 aromatic heterocycles. The van der Waals surface area contributed by atoms with Crippen LogP contribution in [0.25, 0.3) is 0 Å². The number of piperazine rings is 1. The maximum Gasteiger partial charge on any atom is 0.221 e. The minimum Gasteiger partial charge on any atom is -0.356 e. The van der Waals surface area contributed by atoms with E-state index in [2.05, 4.69) is 34.3 Å². The molecule has 0 saturated carbocycles. The summed E-state index contributed by atoms with van der Waals surface area (Å²) in [6.07, 6.45) is 0.620. The maximum atomic E-state index is 12.0. The monoisotopic (exact) mass is 328 g/mol. The highest BCUT2D eigenvalue weighted by atomic mass is 32.2. The van der Waals surface area contributed by atoms with E-state index in [-0.39, 0.29) is 5.91 Å². The Morgan fingerprint density at radius 3 is 2.68 bits per heavy atom. The third-order valence-corrected chi connectivity index (χ3v) is 5.69. The molecule has 2 saturated heterocycles. The molecular formula is C16H32N4OS. The van der Waals surface area contributed by atoms with E-state index in [9.17, 15) is 4.79 Å². The molecule has 22 heavy (non-hydrogen) atoms. The van der Waals surface area contributed by atoms with Gasteiger partial charge in [0, 0.05) is 69.8 Å². The number of carbonyl (C=O) groups is 1. The second-order valence-electron chi connectivity index (χ2n) is 6.57. The lowest BCUT2D eigenvalue weighted by Gasteiger charge is -2.35. The van der Waals surface area contributed by atoms with Crippen LogP contribution < -0.4 is 10.6 Å². The SMILES string of the molecule is CCN1CCN(CC(C)CNC(=O)CC2CSCCN2)CC1. The first-order chi connectivity index (χ1) is 10.7. The predicted octanol–water partition coefficient (Wildman–Crippen LogP) is 0.471. The van der Waals surface area contributed by atoms with E-state index in [4.69, 9.17) is 0 Å². The Kier molecular flexibility index (Phi) is 8.00. The van der Waals surface area contributed by atoms with Gasteiger partial charge in [0.25, 0.3) is 0 Å². The Labute approximate surface area is 139 Å². The summed E-state index contributed by atoms with van der Waals surface area (Å²) in [5.74, 6) is 2.94. The molecule has 1 amide bonds. The van der Waals surface area contributed by atoms with Gasteiger partial charge in [-0.2, -0.15) is 11.8 Å². The zero-order chi connectivity index (χ0) is 15.8. The molecule has 2 aliphatic heterocycles. The van der Waals surface area contributed by atoms with Crippen molar-refractivity contribution < 1.29 is 4.79 Å². The van der Waals surface area contributed by atoms with Gasteiger partial charge in [0.15, 0.2) is 0 Å². The molecule has 2 aliphatic rings. The Hall–Kier alpha value is -0.300. The van der Waals surface area contributed by atoms with Crippen LogP contribution >= 0.6 is 11.8 Å². The lowest BCUT2D eigenvalue weighted by Crippen LogP contribution is -2.48. The van der Waals surface area contributed by atoms with E-state index in [1.54, 1.807) is 0 Å². The summed E-state index contributed by atoms with van der Waals surface area (Å²) in [5.41, 5.74) is 0. The molecule has 2 unspecified atom stereocenters. The van der Waals surface area contributed by atoms with Gasteiger partial charge in [0.05, 0.1) is 0 Å². The first kappa shape index (κ1) is 18.0. The topological polar surface area (TPSA) is 47.6 Å². The average Bonchev–Trinajstić information content (AvgIpc) is 2.55. The van der Waals surface area contributed by atoms with Crippen molar-refractivity contribution in [1.82, 2.24) is 20.4 Å². The van der Waals surface area contributed by atoms with Gasteiger partial charge in [0.2, 0.25) is 5.91 Å². The molecule has 0 spiro atoms. The van der Waals surface area contributed by atoms with E-state index in [1.807, 2.05) is 11.8 Å². The van der Waals surface area contributed by atoms with Gasteiger partial charge in [-0.15, -0.1) is 0 Å². The maximum absolute atomic E-state index is 12.0. The Balaban J connectivity index is 1.56. The third-order valence-electron chi connectivity index (χ3n) is 4.56. The van der Waals surface area contributed by atoms with Crippen LogP contribution in [0.1, 0.15) is 20.3 Å². The summed E-state index contributed by atoms with van der Waals surface area (Å²) in [4.78, 5) is 17.0. The Morgan fingerprint density at radius 2 is 2.05 bits per heavy atom. The van der Waals surface area contributed by atoms with Crippen molar-refractivity contribution >= 4 is 17.7 Å². The smallest absolute Gasteiger partial charge is 0.221 e. The van der Waals surface area contributed by atoms with Gasteiger partial charge < -0.3 is 20.4 Å². The van der Waals surface area contributed by atoms with Crippen LogP contribution in [0.15, 0.2) is 0 Å². The van der Waals surface area contributed by atoms with Gasteiger partial charge in [-0.05, 0) is 12.5 Å². The lowest BCUT2D eigenvalue weighted by atomic mass is 10.1. The van der Waals surface area contributed by atoms with Crippen LogP contribution in [0.3, 0.4) is 0 Å². The van der Waals surface area contributed by atoms with Gasteiger partial charge in [-0.1, -0.05) is 13.8 Å². The summed E-state index contributed by atoms with van der Waals surface area (Å²) in [6, 6.07) is 0.358. The molecule has 0 radical (unpaired) electrons. The zero-order valence-electron chi connectivity index (χ0n) is 14.1. The minimum atomic E-state index is 0.197. The molecule has 2 N–H and O–H groups in total. The summed E-state index contributed by atoms with van der Waals surface area (Å²) in [6.45, 7) is 13.2. The molecule has 0 aliphatic carbocycles. The van der Waals surface area contributed by atoms with Crippen molar-refractivity contribution in [2.24, 2.45) is 5.92 Å². The average molecular weight is 329 g/mol. The Bertz CT molecular complexity index is 328. The van der Waals surface area contributed by atoms with Gasteiger partial charge >= 0.3 is 0 Å². The third kappa shape index (κ3) is 6.44. The van der Waals surface area contributed by atoms with Gasteiger partial charge in [-0.3, -0.25) is 4.79 Å². The highest BCUT2D eigenvalue weighted by Crippen LogP contribution is 2.10. The Morgan fingerprint density at radius 1 is 1.32 bits per heavy atom. The fourth-order valence-electron chi connectivity index (χ4n) is 3.13. The fourth-order valence-corrected chi connectivity index (χ4v) is 4.08. The number of amides is 1. The highest BCUT2D eigenvalue weighted by molar-refractivity contribution is 7.99. The van der Waals surface area contributed by atoms with E-state index >= 15 is 0 Å². The van der Waals surface area contributed by atoms with Crippen molar-refractivity contribution in [1.29, 1.82) is 0 Å². The van der Waals surface area contributed by atoms with Crippen LogP contribution in [0.4, 0.5) is 0 Å². The van der Waals surface area contributed by atoms with Crippen LogP contribution in [0, 0.1) is 5.92 Å². The fraction of sp³-hybridized carbons (Fsp3) is 0.938. The predicted molar refractivity (Wildman–Crippen MR) is 94.5 cm³/mol. The molecule has 2 fully saturated rings. The first-order valence-corrected chi connectivity index (χ1v) is 9.85. The standard InChI is InChI=1S/C16H32N4OS/c1-3-19-5-7-20(8-6-19)12-14(2)11-18-16(21)10-15-13-22-9-4-17-15/h14-15,17H,3-13H2,1-2H3,(H,18,21). The van der Waals surface area contributed by atoms with E-state index < -0.39 is 0 Å². The zero-order valence-corrected chi connectivity index (χ0v) is 15.0. The van der Waals surface area contributed by atoms with Crippen LogP contribution in [-0.2, 0) is 4.79 Å². The number of nitrogens with one attached hydrogen (secondary N) is 2. The van der Waals surface area contributed by atoms with Crippen molar-refractivity contribution in [3.8, 4) is 0 Å². The molecule has 128 valence electrons.